The molecule has 0 spiro atoms. The fraction of sp³-hybridized carbons (Fsp3) is 0.636. The predicted octanol–water partition coefficient (Wildman–Crippen LogP) is 2.59. The number of hydrogen-bond acceptors (Lipinski definition) is 2. The van der Waals surface area contributed by atoms with Crippen LogP contribution < -0.4 is 0 Å². The minimum absolute atomic E-state index is 0.316. The number of rotatable bonds is 4. The van der Waals surface area contributed by atoms with E-state index in [1.165, 1.54) is 0 Å². The maximum absolute atomic E-state index is 10.8. The Kier molecular flexibility index (Phi) is 4.36. The molecule has 0 heterocycles. The van der Waals surface area contributed by atoms with Crippen LogP contribution in [0, 0.1) is 22.7 Å². The van der Waals surface area contributed by atoms with Crippen molar-refractivity contribution in [3.63, 3.8) is 0 Å². The molecule has 1 atom stereocenters. The molecule has 1 unspecified atom stereocenters. The molecular weight excluding hydrogens is 178 g/mol. The number of nitrogens with zero attached hydrogens (tertiary/aromatic N) is 1. The van der Waals surface area contributed by atoms with Gasteiger partial charge in [0, 0.05) is 5.57 Å². The van der Waals surface area contributed by atoms with E-state index in [9.17, 15) is 4.79 Å². The number of hydrogen-bond donors (Lipinski definition) is 1. The first-order valence-corrected chi connectivity index (χ1v) is 4.61. The van der Waals surface area contributed by atoms with Crippen LogP contribution in [0.5, 0.6) is 0 Å². The number of carboxylic acid groups (broad SMARTS) is 1. The molecule has 0 rings (SSSR count). The average Bonchev–Trinajstić information content (AvgIpc) is 2.12. The van der Waals surface area contributed by atoms with Crippen LogP contribution in [0.3, 0.4) is 0 Å². The third-order valence-corrected chi connectivity index (χ3v) is 2.65. The van der Waals surface area contributed by atoms with Crippen molar-refractivity contribution in [1.82, 2.24) is 0 Å². The van der Waals surface area contributed by atoms with E-state index in [1.54, 1.807) is 19.9 Å². The van der Waals surface area contributed by atoms with Crippen LogP contribution in [-0.2, 0) is 4.79 Å². The van der Waals surface area contributed by atoms with Gasteiger partial charge in [-0.2, -0.15) is 5.26 Å². The Hall–Kier alpha value is -1.30. The van der Waals surface area contributed by atoms with Crippen LogP contribution in [0.1, 0.15) is 34.1 Å². The summed E-state index contributed by atoms with van der Waals surface area (Å²) < 4.78 is 0. The fourth-order valence-corrected chi connectivity index (χ4v) is 0.973. The van der Waals surface area contributed by atoms with Gasteiger partial charge in [-0.3, -0.25) is 4.79 Å². The van der Waals surface area contributed by atoms with E-state index in [0.29, 0.717) is 12.0 Å². The van der Waals surface area contributed by atoms with Gasteiger partial charge in [0.2, 0.25) is 0 Å². The van der Waals surface area contributed by atoms with Crippen LogP contribution in [0.4, 0.5) is 0 Å². The second-order valence-electron chi connectivity index (χ2n) is 4.25. The summed E-state index contributed by atoms with van der Waals surface area (Å²) in [5.74, 6) is -1.21. The van der Waals surface area contributed by atoms with E-state index in [2.05, 4.69) is 0 Å². The lowest BCUT2D eigenvalue weighted by Gasteiger charge is -2.27. The van der Waals surface area contributed by atoms with E-state index in [0.717, 1.165) is 0 Å². The smallest absolute Gasteiger partial charge is 0.306 e. The molecule has 0 fully saturated rings. The molecule has 3 nitrogen and oxygen atoms in total. The van der Waals surface area contributed by atoms with Crippen LogP contribution in [0.15, 0.2) is 11.6 Å². The predicted molar refractivity (Wildman–Crippen MR) is 54.6 cm³/mol. The largest absolute Gasteiger partial charge is 0.481 e. The number of carbonyl (C=O) groups is 1. The van der Waals surface area contributed by atoms with Gasteiger partial charge >= 0.3 is 5.97 Å². The molecule has 0 aromatic carbocycles. The summed E-state index contributed by atoms with van der Waals surface area (Å²) in [6.45, 7) is 7.21. The summed E-state index contributed by atoms with van der Waals surface area (Å²) in [5.41, 5.74) is 0.319. The van der Waals surface area contributed by atoms with E-state index in [4.69, 9.17) is 10.4 Å². The van der Waals surface area contributed by atoms with Crippen molar-refractivity contribution >= 4 is 5.97 Å². The first-order valence-electron chi connectivity index (χ1n) is 4.61. The van der Waals surface area contributed by atoms with Gasteiger partial charge in [-0.05, 0) is 18.8 Å². The highest BCUT2D eigenvalue weighted by molar-refractivity contribution is 5.70. The highest BCUT2D eigenvalue weighted by Crippen LogP contribution is 2.31. The van der Waals surface area contributed by atoms with E-state index < -0.39 is 11.9 Å². The van der Waals surface area contributed by atoms with Crippen molar-refractivity contribution in [1.29, 1.82) is 5.26 Å². The van der Waals surface area contributed by atoms with Crippen LogP contribution in [0.25, 0.3) is 0 Å². The van der Waals surface area contributed by atoms with E-state index >= 15 is 0 Å². The quantitative estimate of drug-likeness (QED) is 0.701. The lowest BCUT2D eigenvalue weighted by atomic mass is 9.77. The van der Waals surface area contributed by atoms with Gasteiger partial charge in [-0.25, -0.2) is 0 Å². The molecule has 0 amide bonds. The topological polar surface area (TPSA) is 61.1 Å². The molecule has 0 aliphatic heterocycles. The summed E-state index contributed by atoms with van der Waals surface area (Å²) in [6.07, 6.45) is 2.40. The summed E-state index contributed by atoms with van der Waals surface area (Å²) >= 11 is 0. The minimum Gasteiger partial charge on any atom is -0.481 e. The zero-order chi connectivity index (χ0) is 11.4. The highest BCUT2D eigenvalue weighted by atomic mass is 16.4. The standard InChI is InChI=1S/C11H17NO2/c1-8(7-12)5-6-11(3,4)9(2)10(13)14/h5,9H,6H2,1-4H3,(H,13,14)/b8-5-. The first kappa shape index (κ1) is 12.7. The van der Waals surface area contributed by atoms with Gasteiger partial charge in [0.15, 0.2) is 0 Å². The van der Waals surface area contributed by atoms with Gasteiger partial charge in [0.1, 0.15) is 0 Å². The lowest BCUT2D eigenvalue weighted by molar-refractivity contribution is -0.144. The second kappa shape index (κ2) is 4.80. The van der Waals surface area contributed by atoms with Crippen LogP contribution in [0.2, 0.25) is 0 Å². The van der Waals surface area contributed by atoms with E-state index in [-0.39, 0.29) is 5.41 Å². The van der Waals surface area contributed by atoms with Crippen LogP contribution in [-0.4, -0.2) is 11.1 Å². The zero-order valence-corrected chi connectivity index (χ0v) is 9.16. The second-order valence-corrected chi connectivity index (χ2v) is 4.25. The maximum Gasteiger partial charge on any atom is 0.306 e. The van der Waals surface area contributed by atoms with Crippen LogP contribution >= 0.6 is 0 Å². The molecule has 1 N–H and O–H groups in total. The molecule has 0 aromatic rings. The first-order chi connectivity index (χ1) is 6.31. The Morgan fingerprint density at radius 3 is 2.50 bits per heavy atom. The van der Waals surface area contributed by atoms with Gasteiger partial charge in [0.25, 0.3) is 0 Å². The van der Waals surface area contributed by atoms with Crippen molar-refractivity contribution in [3.8, 4) is 6.07 Å². The maximum atomic E-state index is 10.8. The van der Waals surface area contributed by atoms with Crippen molar-refractivity contribution in [3.05, 3.63) is 11.6 Å². The van der Waals surface area contributed by atoms with Gasteiger partial charge in [-0.15, -0.1) is 0 Å². The molecule has 14 heavy (non-hydrogen) atoms. The summed E-state index contributed by atoms with van der Waals surface area (Å²) in [7, 11) is 0. The normalized spacial score (nSPS) is 14.6. The van der Waals surface area contributed by atoms with Gasteiger partial charge < -0.3 is 5.11 Å². The Morgan fingerprint density at radius 2 is 2.14 bits per heavy atom. The zero-order valence-electron chi connectivity index (χ0n) is 9.16. The Bertz CT molecular complexity index is 284. The third-order valence-electron chi connectivity index (χ3n) is 2.65. The lowest BCUT2D eigenvalue weighted by Crippen LogP contribution is -2.27. The van der Waals surface area contributed by atoms with Crippen molar-refractivity contribution in [2.75, 3.05) is 0 Å². The molecule has 0 bridgehead atoms. The fourth-order valence-electron chi connectivity index (χ4n) is 0.973. The summed E-state index contributed by atoms with van der Waals surface area (Å²) in [5, 5.41) is 17.4. The molecule has 0 aromatic heterocycles. The molecule has 0 radical (unpaired) electrons. The third kappa shape index (κ3) is 3.61. The number of nitriles is 1. The Balaban J connectivity index is 4.51. The van der Waals surface area contributed by atoms with Crippen molar-refractivity contribution in [2.45, 2.75) is 34.1 Å². The van der Waals surface area contributed by atoms with E-state index in [1.807, 2.05) is 19.9 Å². The van der Waals surface area contributed by atoms with Crippen molar-refractivity contribution < 1.29 is 9.90 Å². The number of carboxylic acids is 1. The SMILES string of the molecule is C/C(C#N)=C/CC(C)(C)C(C)C(=O)O. The molecule has 0 aliphatic carbocycles. The highest BCUT2D eigenvalue weighted by Gasteiger charge is 2.30. The van der Waals surface area contributed by atoms with Gasteiger partial charge in [-0.1, -0.05) is 26.8 Å². The number of aliphatic carboxylic acids is 1. The van der Waals surface area contributed by atoms with Gasteiger partial charge in [0.05, 0.1) is 12.0 Å². The summed E-state index contributed by atoms with van der Waals surface area (Å²) in [6, 6.07) is 2.02. The Labute approximate surface area is 85.0 Å². The molecule has 0 saturated heterocycles. The molecule has 0 saturated carbocycles. The molecule has 3 heteroatoms. The monoisotopic (exact) mass is 195 g/mol. The summed E-state index contributed by atoms with van der Waals surface area (Å²) in [4.78, 5) is 10.8. The average molecular weight is 195 g/mol. The molecule has 0 aliphatic rings. The molecular formula is C11H17NO2. The number of allylic oxidation sites excluding steroid dienone is 2. The van der Waals surface area contributed by atoms with Crippen molar-refractivity contribution in [2.24, 2.45) is 11.3 Å². The Morgan fingerprint density at radius 1 is 1.64 bits per heavy atom. The minimum atomic E-state index is -0.794. The molecule has 78 valence electrons.